The second-order valence-corrected chi connectivity index (χ2v) is 5.35. The van der Waals surface area contributed by atoms with Crippen LogP contribution in [0.25, 0.3) is 10.2 Å². The minimum absolute atomic E-state index is 0.0139. The first-order chi connectivity index (χ1) is 10.1. The molecule has 0 spiro atoms. The van der Waals surface area contributed by atoms with E-state index in [-0.39, 0.29) is 19.1 Å². The van der Waals surface area contributed by atoms with Gasteiger partial charge in [0, 0.05) is 12.7 Å². The summed E-state index contributed by atoms with van der Waals surface area (Å²) in [4.78, 5) is 27.8. The Labute approximate surface area is 124 Å². The van der Waals surface area contributed by atoms with Gasteiger partial charge in [-0.15, -0.1) is 11.3 Å². The SMILES string of the molecule is COC(=O)[C@H](N)CNC(=O)c1cc2nccc(CO)c2s1. The molecule has 2 rings (SSSR count). The fraction of sp³-hybridized carbons (Fsp3) is 0.308. The molecule has 2 aromatic heterocycles. The summed E-state index contributed by atoms with van der Waals surface area (Å²) < 4.78 is 5.24. The molecule has 0 unspecified atom stereocenters. The highest BCUT2D eigenvalue weighted by Gasteiger charge is 2.17. The largest absolute Gasteiger partial charge is 0.468 e. The van der Waals surface area contributed by atoms with Gasteiger partial charge in [-0.05, 0) is 17.7 Å². The molecule has 0 aliphatic rings. The third-order valence-corrected chi connectivity index (χ3v) is 4.07. The van der Waals surface area contributed by atoms with Gasteiger partial charge in [0.05, 0.1) is 28.8 Å². The maximum atomic E-state index is 12.0. The molecule has 8 heteroatoms. The van der Waals surface area contributed by atoms with Crippen molar-refractivity contribution in [2.75, 3.05) is 13.7 Å². The van der Waals surface area contributed by atoms with Crippen LogP contribution in [0.1, 0.15) is 15.2 Å². The molecule has 112 valence electrons. The molecule has 0 aliphatic heterocycles. The number of rotatable bonds is 5. The van der Waals surface area contributed by atoms with E-state index in [4.69, 9.17) is 5.73 Å². The van der Waals surface area contributed by atoms with E-state index in [1.165, 1.54) is 18.4 Å². The Morgan fingerprint density at radius 2 is 2.33 bits per heavy atom. The maximum Gasteiger partial charge on any atom is 0.324 e. The van der Waals surface area contributed by atoms with Crippen LogP contribution in [0.4, 0.5) is 0 Å². The van der Waals surface area contributed by atoms with Gasteiger partial charge in [0.1, 0.15) is 6.04 Å². The van der Waals surface area contributed by atoms with E-state index in [0.29, 0.717) is 10.4 Å². The highest BCUT2D eigenvalue weighted by Crippen LogP contribution is 2.27. The number of methoxy groups -OCH3 is 1. The molecule has 21 heavy (non-hydrogen) atoms. The smallest absolute Gasteiger partial charge is 0.324 e. The predicted octanol–water partition coefficient (Wildman–Crippen LogP) is 0.0187. The quantitative estimate of drug-likeness (QED) is 0.671. The summed E-state index contributed by atoms with van der Waals surface area (Å²) in [6.07, 6.45) is 1.58. The van der Waals surface area contributed by atoms with Crippen molar-refractivity contribution < 1.29 is 19.4 Å². The second kappa shape index (κ2) is 6.61. The third kappa shape index (κ3) is 3.35. The summed E-state index contributed by atoms with van der Waals surface area (Å²) in [5, 5.41) is 11.8. The monoisotopic (exact) mass is 309 g/mol. The van der Waals surface area contributed by atoms with Crippen molar-refractivity contribution in [2.24, 2.45) is 5.73 Å². The number of fused-ring (bicyclic) bond motifs is 1. The molecule has 2 aromatic rings. The van der Waals surface area contributed by atoms with Gasteiger partial charge < -0.3 is 20.9 Å². The Bertz CT molecular complexity index is 670. The highest BCUT2D eigenvalue weighted by atomic mass is 32.1. The Morgan fingerprint density at radius 3 is 3.00 bits per heavy atom. The number of nitrogens with zero attached hydrogens (tertiary/aromatic N) is 1. The van der Waals surface area contributed by atoms with E-state index in [2.05, 4.69) is 15.0 Å². The lowest BCUT2D eigenvalue weighted by atomic mass is 10.2. The molecule has 0 saturated carbocycles. The van der Waals surface area contributed by atoms with Gasteiger partial charge in [-0.2, -0.15) is 0 Å². The molecular formula is C13H15N3O4S. The molecule has 1 atom stereocenters. The normalized spacial score (nSPS) is 12.1. The lowest BCUT2D eigenvalue weighted by molar-refractivity contribution is -0.141. The Balaban J connectivity index is 2.11. The van der Waals surface area contributed by atoms with Crippen LogP contribution in [0, 0.1) is 0 Å². The van der Waals surface area contributed by atoms with Crippen LogP contribution in [-0.4, -0.2) is 41.7 Å². The fourth-order valence-corrected chi connectivity index (χ4v) is 2.79. The molecule has 7 nitrogen and oxygen atoms in total. The van der Waals surface area contributed by atoms with E-state index < -0.39 is 12.0 Å². The Hall–Kier alpha value is -2.03. The van der Waals surface area contributed by atoms with Gasteiger partial charge in [0.15, 0.2) is 0 Å². The Morgan fingerprint density at radius 1 is 1.57 bits per heavy atom. The number of ether oxygens (including phenoxy) is 1. The van der Waals surface area contributed by atoms with Crippen molar-refractivity contribution in [1.29, 1.82) is 0 Å². The summed E-state index contributed by atoms with van der Waals surface area (Å²) in [6, 6.07) is 2.44. The number of carbonyl (C=O) groups is 2. The van der Waals surface area contributed by atoms with Crippen molar-refractivity contribution in [3.05, 3.63) is 28.8 Å². The van der Waals surface area contributed by atoms with Gasteiger partial charge in [0.25, 0.3) is 5.91 Å². The second-order valence-electron chi connectivity index (χ2n) is 4.29. The van der Waals surface area contributed by atoms with E-state index >= 15 is 0 Å². The number of amides is 1. The topological polar surface area (TPSA) is 115 Å². The van der Waals surface area contributed by atoms with Gasteiger partial charge in [-0.25, -0.2) is 0 Å². The maximum absolute atomic E-state index is 12.0. The highest BCUT2D eigenvalue weighted by molar-refractivity contribution is 7.21. The summed E-state index contributed by atoms with van der Waals surface area (Å²) >= 11 is 1.23. The van der Waals surface area contributed by atoms with Crippen LogP contribution < -0.4 is 11.1 Å². The van der Waals surface area contributed by atoms with Gasteiger partial charge in [-0.1, -0.05) is 0 Å². The number of aliphatic hydroxyl groups is 1. The van der Waals surface area contributed by atoms with Crippen LogP contribution in [0.2, 0.25) is 0 Å². The van der Waals surface area contributed by atoms with E-state index in [9.17, 15) is 14.7 Å². The van der Waals surface area contributed by atoms with Crippen molar-refractivity contribution >= 4 is 33.4 Å². The molecular weight excluding hydrogens is 294 g/mol. The number of thiophene rings is 1. The zero-order valence-corrected chi connectivity index (χ0v) is 12.1. The molecule has 2 heterocycles. The van der Waals surface area contributed by atoms with Crippen LogP contribution in [0.3, 0.4) is 0 Å². The zero-order chi connectivity index (χ0) is 15.4. The molecule has 1 amide bonds. The van der Waals surface area contributed by atoms with Crippen molar-refractivity contribution in [2.45, 2.75) is 12.6 Å². The zero-order valence-electron chi connectivity index (χ0n) is 11.3. The average Bonchev–Trinajstić information content (AvgIpc) is 2.95. The summed E-state index contributed by atoms with van der Waals surface area (Å²) in [7, 11) is 1.23. The number of carbonyl (C=O) groups excluding carboxylic acids is 2. The first-order valence-electron chi connectivity index (χ1n) is 6.16. The van der Waals surface area contributed by atoms with Crippen LogP contribution >= 0.6 is 11.3 Å². The van der Waals surface area contributed by atoms with E-state index in [1.54, 1.807) is 18.3 Å². The lowest BCUT2D eigenvalue weighted by Gasteiger charge is -2.09. The summed E-state index contributed by atoms with van der Waals surface area (Å²) in [5.74, 6) is -0.933. The van der Waals surface area contributed by atoms with E-state index in [1.807, 2.05) is 0 Å². The molecule has 0 bridgehead atoms. The lowest BCUT2D eigenvalue weighted by Crippen LogP contribution is -2.42. The number of aliphatic hydroxyl groups excluding tert-OH is 1. The minimum Gasteiger partial charge on any atom is -0.468 e. The number of aromatic nitrogens is 1. The minimum atomic E-state index is -0.903. The van der Waals surface area contributed by atoms with Crippen LogP contribution in [0.15, 0.2) is 18.3 Å². The standard InChI is InChI=1S/C13H15N3O4S/c1-20-13(19)8(14)5-16-12(18)10-4-9-11(21-10)7(6-17)2-3-15-9/h2-4,8,17H,5-6,14H2,1H3,(H,16,18)/t8-/m1/s1. The molecule has 0 radical (unpaired) electrons. The molecule has 0 aliphatic carbocycles. The number of hydrogen-bond acceptors (Lipinski definition) is 7. The number of esters is 1. The fourth-order valence-electron chi connectivity index (χ4n) is 1.75. The summed E-state index contributed by atoms with van der Waals surface area (Å²) in [5.41, 5.74) is 6.91. The number of nitrogens with one attached hydrogen (secondary N) is 1. The van der Waals surface area contributed by atoms with Gasteiger partial charge >= 0.3 is 5.97 Å². The third-order valence-electron chi connectivity index (χ3n) is 2.87. The van der Waals surface area contributed by atoms with Crippen molar-refractivity contribution in [1.82, 2.24) is 10.3 Å². The average molecular weight is 309 g/mol. The first kappa shape index (κ1) is 15.4. The number of nitrogens with two attached hydrogens (primary N) is 1. The Kier molecular flexibility index (Phi) is 4.84. The van der Waals surface area contributed by atoms with E-state index in [0.717, 1.165) is 10.3 Å². The van der Waals surface area contributed by atoms with Crippen LogP contribution in [0.5, 0.6) is 0 Å². The molecule has 0 saturated heterocycles. The van der Waals surface area contributed by atoms with Gasteiger partial charge in [-0.3, -0.25) is 14.6 Å². The van der Waals surface area contributed by atoms with Gasteiger partial charge in [0.2, 0.25) is 0 Å². The molecule has 0 aromatic carbocycles. The molecule has 4 N–H and O–H groups in total. The van der Waals surface area contributed by atoms with Crippen LogP contribution in [-0.2, 0) is 16.1 Å². The number of pyridine rings is 1. The van der Waals surface area contributed by atoms with Crippen molar-refractivity contribution in [3.63, 3.8) is 0 Å². The first-order valence-corrected chi connectivity index (χ1v) is 6.98. The summed E-state index contributed by atoms with van der Waals surface area (Å²) in [6.45, 7) is -0.131. The predicted molar refractivity (Wildman–Crippen MR) is 77.9 cm³/mol. The number of hydrogen-bond donors (Lipinski definition) is 3. The molecule has 0 fully saturated rings. The van der Waals surface area contributed by atoms with Crippen molar-refractivity contribution in [3.8, 4) is 0 Å².